The van der Waals surface area contributed by atoms with Gasteiger partial charge in [0, 0.05) is 11.8 Å². The van der Waals surface area contributed by atoms with E-state index in [4.69, 9.17) is 34.1 Å². The maximum atomic E-state index is 11.5. The molecule has 0 saturated heterocycles. The van der Waals surface area contributed by atoms with Crippen LogP contribution in [0.2, 0.25) is 5.15 Å². The first-order valence-corrected chi connectivity index (χ1v) is 5.18. The van der Waals surface area contributed by atoms with Crippen LogP contribution >= 0.6 is 23.4 Å². The molecule has 0 aliphatic rings. The first kappa shape index (κ1) is 13.0. The minimum Gasteiger partial charge on any atom is -0.382 e. The summed E-state index contributed by atoms with van der Waals surface area (Å²) in [6.45, 7) is 0. The number of nitrogen functional groups attached to an aromatic ring is 2. The fraction of sp³-hybridized carbons (Fsp3) is 0. The summed E-state index contributed by atoms with van der Waals surface area (Å²) in [5.41, 5.74) is 15.8. The van der Waals surface area contributed by atoms with Crippen molar-refractivity contribution < 1.29 is 4.79 Å². The number of carbonyl (C=O) groups is 1. The van der Waals surface area contributed by atoms with E-state index in [-0.39, 0.29) is 27.7 Å². The van der Waals surface area contributed by atoms with Crippen molar-refractivity contribution in [1.29, 1.82) is 5.26 Å². The van der Waals surface area contributed by atoms with Gasteiger partial charge in [-0.05, 0) is 0 Å². The van der Waals surface area contributed by atoms with Crippen molar-refractivity contribution in [3.63, 3.8) is 0 Å². The Balaban J connectivity index is 3.10. The number of nitriles is 1. The number of amides is 1. The van der Waals surface area contributed by atoms with Crippen LogP contribution in [0.25, 0.3) is 0 Å². The fourth-order valence-electron chi connectivity index (χ4n) is 0.822. The molecule has 1 heterocycles. The SMILES string of the molecule is N#CSC(N)=NC(=O)c1nc(Cl)c(N)nc1N. The van der Waals surface area contributed by atoms with E-state index in [1.165, 1.54) is 0 Å². The Morgan fingerprint density at radius 1 is 1.41 bits per heavy atom. The summed E-state index contributed by atoms with van der Waals surface area (Å²) in [6.07, 6.45) is 0. The molecular formula is C7H6ClN7OS. The van der Waals surface area contributed by atoms with Gasteiger partial charge in [0.25, 0.3) is 0 Å². The Bertz CT molecular complexity index is 538. The van der Waals surface area contributed by atoms with Crippen molar-refractivity contribution >= 4 is 46.1 Å². The maximum Gasteiger partial charge on any atom is 0.301 e. The van der Waals surface area contributed by atoms with E-state index < -0.39 is 5.91 Å². The number of nitrogens with zero attached hydrogens (tertiary/aromatic N) is 4. The Morgan fingerprint density at radius 3 is 2.65 bits per heavy atom. The topological polar surface area (TPSA) is 157 Å². The molecule has 17 heavy (non-hydrogen) atoms. The summed E-state index contributed by atoms with van der Waals surface area (Å²) in [7, 11) is 0. The van der Waals surface area contributed by atoms with Crippen molar-refractivity contribution in [2.75, 3.05) is 11.5 Å². The first-order valence-electron chi connectivity index (χ1n) is 3.98. The standard InChI is InChI=1S/C7H6ClN7OS/c8-3-5(11)14-4(10)2(13-3)6(16)15-7(12)17-1-9/h(H4,10,11,14)(H2,12,15,16). The average Bonchev–Trinajstić information content (AvgIpc) is 2.23. The second-order valence-corrected chi connectivity index (χ2v) is 3.75. The summed E-state index contributed by atoms with van der Waals surface area (Å²) in [6, 6.07) is 0. The second-order valence-electron chi connectivity index (χ2n) is 2.58. The number of nitrogens with two attached hydrogens (primary N) is 3. The molecule has 1 aromatic rings. The van der Waals surface area contributed by atoms with Crippen molar-refractivity contribution in [1.82, 2.24) is 9.97 Å². The van der Waals surface area contributed by atoms with Gasteiger partial charge < -0.3 is 17.2 Å². The number of hydrogen-bond donors (Lipinski definition) is 3. The molecule has 8 nitrogen and oxygen atoms in total. The van der Waals surface area contributed by atoms with Crippen LogP contribution in [0.5, 0.6) is 0 Å². The lowest BCUT2D eigenvalue weighted by Gasteiger charge is -2.02. The van der Waals surface area contributed by atoms with Gasteiger partial charge >= 0.3 is 5.91 Å². The number of amidine groups is 1. The van der Waals surface area contributed by atoms with E-state index in [1.54, 1.807) is 5.40 Å². The molecule has 0 aliphatic heterocycles. The molecule has 0 bridgehead atoms. The van der Waals surface area contributed by atoms with Crippen LogP contribution in [-0.4, -0.2) is 21.0 Å². The zero-order valence-corrected chi connectivity index (χ0v) is 9.79. The van der Waals surface area contributed by atoms with E-state index in [1.807, 2.05) is 0 Å². The molecule has 0 aliphatic carbocycles. The van der Waals surface area contributed by atoms with Gasteiger partial charge in [0.1, 0.15) is 5.40 Å². The Kier molecular flexibility index (Phi) is 4.08. The maximum absolute atomic E-state index is 11.5. The van der Waals surface area contributed by atoms with E-state index in [9.17, 15) is 4.79 Å². The average molecular weight is 272 g/mol. The Morgan fingerprint density at radius 2 is 2.06 bits per heavy atom. The van der Waals surface area contributed by atoms with Crippen molar-refractivity contribution in [2.45, 2.75) is 0 Å². The predicted octanol–water partition coefficient (Wildman–Crippen LogP) is -0.0364. The molecule has 1 rings (SSSR count). The number of anilines is 2. The highest BCUT2D eigenvalue weighted by Gasteiger charge is 2.15. The van der Waals surface area contributed by atoms with Gasteiger partial charge in [-0.15, -0.1) is 0 Å². The highest BCUT2D eigenvalue weighted by molar-refractivity contribution is 8.17. The lowest BCUT2D eigenvalue weighted by Crippen LogP contribution is -2.13. The van der Waals surface area contributed by atoms with Gasteiger partial charge in [0.15, 0.2) is 27.7 Å². The lowest BCUT2D eigenvalue weighted by atomic mass is 10.4. The summed E-state index contributed by atoms with van der Waals surface area (Å²) in [4.78, 5) is 22.2. The highest BCUT2D eigenvalue weighted by Crippen LogP contribution is 2.18. The number of carbonyl (C=O) groups excluding carboxylic acids is 1. The highest BCUT2D eigenvalue weighted by atomic mass is 35.5. The molecular weight excluding hydrogens is 266 g/mol. The lowest BCUT2D eigenvalue weighted by molar-refractivity contribution is 0.0999. The zero-order chi connectivity index (χ0) is 13.0. The molecule has 88 valence electrons. The molecule has 0 saturated carbocycles. The van der Waals surface area contributed by atoms with Gasteiger partial charge in [-0.2, -0.15) is 10.3 Å². The molecule has 1 aromatic heterocycles. The quantitative estimate of drug-likeness (QED) is 0.365. The molecule has 10 heteroatoms. The van der Waals surface area contributed by atoms with E-state index in [0.717, 1.165) is 0 Å². The van der Waals surface area contributed by atoms with Crippen LogP contribution < -0.4 is 17.2 Å². The molecule has 0 radical (unpaired) electrons. The third-order valence-electron chi connectivity index (χ3n) is 1.47. The van der Waals surface area contributed by atoms with Crippen molar-refractivity contribution in [3.8, 4) is 5.40 Å². The monoisotopic (exact) mass is 271 g/mol. The number of thiocyanates is 1. The van der Waals surface area contributed by atoms with E-state index in [2.05, 4.69) is 15.0 Å². The molecule has 0 aromatic carbocycles. The van der Waals surface area contributed by atoms with Crippen LogP contribution in [0.3, 0.4) is 0 Å². The van der Waals surface area contributed by atoms with Gasteiger partial charge in [-0.3, -0.25) is 4.79 Å². The molecule has 1 amide bonds. The van der Waals surface area contributed by atoms with Crippen LogP contribution in [0.15, 0.2) is 4.99 Å². The summed E-state index contributed by atoms with van der Waals surface area (Å²) in [5.74, 6) is -1.16. The smallest absolute Gasteiger partial charge is 0.301 e. The number of halogens is 1. The molecule has 0 atom stereocenters. The molecule has 0 unspecified atom stereocenters. The minimum absolute atomic E-state index is 0.0935. The molecule has 0 spiro atoms. The first-order chi connectivity index (χ1) is 7.95. The van der Waals surface area contributed by atoms with E-state index in [0.29, 0.717) is 11.8 Å². The molecule has 6 N–H and O–H groups in total. The Hall–Kier alpha value is -2.05. The van der Waals surface area contributed by atoms with Gasteiger partial charge in [0.05, 0.1) is 0 Å². The Labute approximate surface area is 105 Å². The second kappa shape index (κ2) is 5.33. The largest absolute Gasteiger partial charge is 0.382 e. The van der Waals surface area contributed by atoms with Crippen molar-refractivity contribution in [2.24, 2.45) is 10.7 Å². The number of aliphatic imine (C=N–C) groups is 1. The summed E-state index contributed by atoms with van der Waals surface area (Å²) >= 11 is 6.12. The van der Waals surface area contributed by atoms with Crippen molar-refractivity contribution in [3.05, 3.63) is 10.8 Å². The van der Waals surface area contributed by atoms with Crippen LogP contribution in [0, 0.1) is 10.7 Å². The van der Waals surface area contributed by atoms with Gasteiger partial charge in [-0.25, -0.2) is 9.97 Å². The third-order valence-corrected chi connectivity index (χ3v) is 2.14. The normalized spacial score (nSPS) is 10.9. The van der Waals surface area contributed by atoms with Crippen LogP contribution in [-0.2, 0) is 0 Å². The summed E-state index contributed by atoms with van der Waals surface area (Å²) in [5, 5.41) is 9.57. The number of hydrogen-bond acceptors (Lipinski definition) is 7. The minimum atomic E-state index is -0.850. The van der Waals surface area contributed by atoms with Gasteiger partial charge in [-0.1, -0.05) is 11.6 Å². The fourth-order valence-corrected chi connectivity index (χ4v) is 1.17. The van der Waals surface area contributed by atoms with E-state index >= 15 is 0 Å². The van der Waals surface area contributed by atoms with Crippen LogP contribution in [0.1, 0.15) is 10.5 Å². The summed E-state index contributed by atoms with van der Waals surface area (Å²) < 4.78 is 0. The zero-order valence-electron chi connectivity index (χ0n) is 8.22. The molecule has 0 fully saturated rings. The number of aromatic nitrogens is 2. The number of rotatable bonds is 1. The van der Waals surface area contributed by atoms with Crippen LogP contribution in [0.4, 0.5) is 11.6 Å². The predicted molar refractivity (Wildman–Crippen MR) is 65.0 cm³/mol. The third kappa shape index (κ3) is 3.20. The number of thioether (sulfide) groups is 1. The van der Waals surface area contributed by atoms with Gasteiger partial charge in [0.2, 0.25) is 0 Å².